The van der Waals surface area contributed by atoms with Gasteiger partial charge in [-0.15, -0.1) is 0 Å². The highest BCUT2D eigenvalue weighted by atomic mass is 32.2. The summed E-state index contributed by atoms with van der Waals surface area (Å²) < 4.78 is 29.3. The van der Waals surface area contributed by atoms with Crippen molar-refractivity contribution in [1.82, 2.24) is 15.3 Å². The van der Waals surface area contributed by atoms with Gasteiger partial charge in [0.05, 0.1) is 6.04 Å². The number of carbonyl (C=O) groups is 1. The third-order valence-corrected chi connectivity index (χ3v) is 5.45. The van der Waals surface area contributed by atoms with E-state index in [-0.39, 0.29) is 16.9 Å². The van der Waals surface area contributed by atoms with Crippen molar-refractivity contribution in [3.8, 4) is 11.6 Å². The van der Waals surface area contributed by atoms with Crippen LogP contribution in [0.2, 0.25) is 0 Å². The van der Waals surface area contributed by atoms with E-state index >= 15 is 0 Å². The van der Waals surface area contributed by atoms with E-state index < -0.39 is 21.8 Å². The van der Waals surface area contributed by atoms with E-state index in [9.17, 15) is 13.2 Å². The Balaban J connectivity index is 1.93. The van der Waals surface area contributed by atoms with E-state index in [2.05, 4.69) is 15.3 Å². The second-order valence-corrected chi connectivity index (χ2v) is 10.9. The Kier molecular flexibility index (Phi) is 7.83. The zero-order chi connectivity index (χ0) is 24.8. The van der Waals surface area contributed by atoms with Gasteiger partial charge in [-0.2, -0.15) is 4.98 Å². The second kappa shape index (κ2) is 10.6. The summed E-state index contributed by atoms with van der Waals surface area (Å²) in [7, 11) is -3.36. The van der Waals surface area contributed by atoms with E-state index in [1.807, 2.05) is 69.3 Å². The SMILES string of the molecule is CC(C)(C)c1ncc(C(=O)N[C@H](/C=C/S(C)(=O)=O)Cc2ccccc2)c(Oc2ccccc2)n1. The standard InChI is InChI=1S/C26H29N3O4S/c1-26(2,3)25-27-18-22(24(29-25)33-21-13-9-6-10-14-21)23(30)28-20(15-16-34(4,31)32)17-19-11-7-5-8-12-19/h5-16,18,20H,17H2,1-4H3,(H,28,30)/b16-15+/t20-/m1/s1. The maximum absolute atomic E-state index is 13.3. The van der Waals surface area contributed by atoms with Crippen molar-refractivity contribution < 1.29 is 17.9 Å². The number of benzene rings is 2. The summed E-state index contributed by atoms with van der Waals surface area (Å²) in [5, 5.41) is 3.99. The summed E-state index contributed by atoms with van der Waals surface area (Å²) in [6.07, 6.45) is 4.44. The highest BCUT2D eigenvalue weighted by molar-refractivity contribution is 7.93. The Bertz CT molecular complexity index is 1250. The lowest BCUT2D eigenvalue weighted by Crippen LogP contribution is -2.35. The minimum Gasteiger partial charge on any atom is -0.438 e. The molecule has 0 saturated heterocycles. The zero-order valence-electron chi connectivity index (χ0n) is 19.7. The Morgan fingerprint density at radius 3 is 2.26 bits per heavy atom. The summed E-state index contributed by atoms with van der Waals surface area (Å²) in [5.41, 5.74) is 0.756. The van der Waals surface area contributed by atoms with Crippen LogP contribution in [0.15, 0.2) is 78.3 Å². The highest BCUT2D eigenvalue weighted by Crippen LogP contribution is 2.27. The summed E-state index contributed by atoms with van der Waals surface area (Å²) in [5.74, 6) is 0.736. The molecule has 0 aliphatic carbocycles. The van der Waals surface area contributed by atoms with Crippen molar-refractivity contribution in [2.24, 2.45) is 0 Å². The van der Waals surface area contributed by atoms with Crippen LogP contribution in [-0.2, 0) is 21.7 Å². The molecule has 0 aliphatic heterocycles. The first kappa shape index (κ1) is 25.1. The fourth-order valence-electron chi connectivity index (χ4n) is 3.08. The zero-order valence-corrected chi connectivity index (χ0v) is 20.5. The first-order valence-corrected chi connectivity index (χ1v) is 12.8. The predicted molar refractivity (Wildman–Crippen MR) is 133 cm³/mol. The Morgan fingerprint density at radius 2 is 1.68 bits per heavy atom. The van der Waals surface area contributed by atoms with Crippen LogP contribution in [0.1, 0.15) is 42.5 Å². The van der Waals surface area contributed by atoms with Gasteiger partial charge < -0.3 is 10.1 Å². The van der Waals surface area contributed by atoms with Crippen LogP contribution in [-0.4, -0.2) is 36.6 Å². The normalized spacial score (nSPS) is 12.9. The van der Waals surface area contributed by atoms with Gasteiger partial charge in [-0.25, -0.2) is 13.4 Å². The summed E-state index contributed by atoms with van der Waals surface area (Å²) >= 11 is 0. The van der Waals surface area contributed by atoms with Gasteiger partial charge in [0, 0.05) is 23.3 Å². The molecule has 178 valence electrons. The van der Waals surface area contributed by atoms with Gasteiger partial charge in [-0.05, 0) is 24.1 Å². The minimum atomic E-state index is -3.36. The van der Waals surface area contributed by atoms with Crippen LogP contribution in [0, 0.1) is 0 Å². The van der Waals surface area contributed by atoms with Gasteiger partial charge in [-0.3, -0.25) is 4.79 Å². The third kappa shape index (κ3) is 7.52. The molecule has 3 aromatic rings. The monoisotopic (exact) mass is 479 g/mol. The fourth-order valence-corrected chi connectivity index (χ4v) is 3.56. The number of hydrogen-bond acceptors (Lipinski definition) is 6. The predicted octanol–water partition coefficient (Wildman–Crippen LogP) is 4.47. The number of amides is 1. The van der Waals surface area contributed by atoms with Gasteiger partial charge in [0.25, 0.3) is 5.91 Å². The van der Waals surface area contributed by atoms with Crippen molar-refractivity contribution in [3.05, 3.63) is 95.3 Å². The molecule has 0 spiro atoms. The van der Waals surface area contributed by atoms with Crippen molar-refractivity contribution in [3.63, 3.8) is 0 Å². The van der Waals surface area contributed by atoms with Crippen molar-refractivity contribution in [2.75, 3.05) is 6.26 Å². The molecule has 3 rings (SSSR count). The molecule has 2 aromatic carbocycles. The smallest absolute Gasteiger partial charge is 0.258 e. The van der Waals surface area contributed by atoms with E-state index in [1.54, 1.807) is 12.1 Å². The van der Waals surface area contributed by atoms with Gasteiger partial charge in [0.2, 0.25) is 5.88 Å². The number of para-hydroxylation sites is 1. The molecule has 0 saturated carbocycles. The van der Waals surface area contributed by atoms with E-state index in [1.165, 1.54) is 12.3 Å². The molecule has 7 nitrogen and oxygen atoms in total. The number of carbonyl (C=O) groups excluding carboxylic acids is 1. The van der Waals surface area contributed by atoms with Crippen LogP contribution >= 0.6 is 0 Å². The molecular formula is C26H29N3O4S. The molecular weight excluding hydrogens is 450 g/mol. The highest BCUT2D eigenvalue weighted by Gasteiger charge is 2.24. The number of nitrogens with zero attached hydrogens (tertiary/aromatic N) is 2. The summed E-state index contributed by atoms with van der Waals surface area (Å²) in [4.78, 5) is 22.2. The van der Waals surface area contributed by atoms with Crippen molar-refractivity contribution >= 4 is 15.7 Å². The van der Waals surface area contributed by atoms with E-state index in [0.29, 0.717) is 18.0 Å². The van der Waals surface area contributed by atoms with Crippen LogP contribution < -0.4 is 10.1 Å². The largest absolute Gasteiger partial charge is 0.438 e. The second-order valence-electron chi connectivity index (χ2n) is 9.01. The maximum atomic E-state index is 13.3. The Labute approximate surface area is 200 Å². The molecule has 1 atom stereocenters. The molecule has 0 unspecified atom stereocenters. The molecule has 1 aromatic heterocycles. The minimum absolute atomic E-state index is 0.133. The van der Waals surface area contributed by atoms with Crippen LogP contribution in [0.4, 0.5) is 0 Å². The first-order valence-electron chi connectivity index (χ1n) is 10.8. The number of hydrogen-bond donors (Lipinski definition) is 1. The topological polar surface area (TPSA) is 98.2 Å². The average molecular weight is 480 g/mol. The van der Waals surface area contributed by atoms with Gasteiger partial charge in [0.1, 0.15) is 17.1 Å². The molecule has 0 fully saturated rings. The van der Waals surface area contributed by atoms with Gasteiger partial charge in [-0.1, -0.05) is 75.4 Å². The number of nitrogens with one attached hydrogen (secondary N) is 1. The third-order valence-electron chi connectivity index (χ3n) is 4.80. The molecule has 1 N–H and O–H groups in total. The first-order chi connectivity index (χ1) is 16.0. The average Bonchev–Trinajstić information content (AvgIpc) is 2.77. The maximum Gasteiger partial charge on any atom is 0.258 e. The van der Waals surface area contributed by atoms with Crippen molar-refractivity contribution in [2.45, 2.75) is 38.6 Å². The fraction of sp³-hybridized carbons (Fsp3) is 0.269. The van der Waals surface area contributed by atoms with Crippen LogP contribution in [0.5, 0.6) is 11.6 Å². The molecule has 1 heterocycles. The summed E-state index contributed by atoms with van der Waals surface area (Å²) in [6, 6.07) is 18.0. The van der Waals surface area contributed by atoms with Crippen LogP contribution in [0.3, 0.4) is 0 Å². The number of sulfone groups is 1. The molecule has 34 heavy (non-hydrogen) atoms. The molecule has 1 amide bonds. The van der Waals surface area contributed by atoms with Crippen molar-refractivity contribution in [1.29, 1.82) is 0 Å². The number of aromatic nitrogens is 2. The molecule has 0 aliphatic rings. The van der Waals surface area contributed by atoms with E-state index in [4.69, 9.17) is 4.74 Å². The molecule has 0 radical (unpaired) electrons. The van der Waals surface area contributed by atoms with E-state index in [0.717, 1.165) is 17.2 Å². The summed E-state index contributed by atoms with van der Waals surface area (Å²) in [6.45, 7) is 5.92. The van der Waals surface area contributed by atoms with Gasteiger partial charge >= 0.3 is 0 Å². The number of ether oxygens (including phenoxy) is 1. The lowest BCUT2D eigenvalue weighted by Gasteiger charge is -2.20. The van der Waals surface area contributed by atoms with Gasteiger partial charge in [0.15, 0.2) is 9.84 Å². The quantitative estimate of drug-likeness (QED) is 0.512. The lowest BCUT2D eigenvalue weighted by molar-refractivity contribution is 0.0940. The number of rotatable bonds is 8. The molecule has 0 bridgehead atoms. The Hall–Kier alpha value is -3.52. The van der Waals surface area contributed by atoms with Crippen LogP contribution in [0.25, 0.3) is 0 Å². The lowest BCUT2D eigenvalue weighted by atomic mass is 9.95. The Morgan fingerprint density at radius 1 is 1.06 bits per heavy atom. The molecule has 8 heteroatoms.